The Morgan fingerprint density at radius 2 is 2.29 bits per heavy atom. The second-order valence-corrected chi connectivity index (χ2v) is 6.15. The molecule has 0 amide bonds. The lowest BCUT2D eigenvalue weighted by Gasteiger charge is -2.39. The molecule has 0 spiro atoms. The Morgan fingerprint density at radius 1 is 1.47 bits per heavy atom. The Labute approximate surface area is 103 Å². The highest BCUT2D eigenvalue weighted by molar-refractivity contribution is 4.87. The quantitative estimate of drug-likeness (QED) is 0.873. The lowest BCUT2D eigenvalue weighted by molar-refractivity contribution is 0.151. The van der Waals surface area contributed by atoms with E-state index in [4.69, 9.17) is 4.52 Å². The number of nitrogens with zero attached hydrogens (tertiary/aromatic N) is 2. The van der Waals surface area contributed by atoms with Crippen LogP contribution in [0.1, 0.15) is 45.9 Å². The maximum atomic E-state index is 4.98. The van der Waals surface area contributed by atoms with Crippen molar-refractivity contribution in [3.05, 3.63) is 12.2 Å². The van der Waals surface area contributed by atoms with Gasteiger partial charge < -0.3 is 9.84 Å². The van der Waals surface area contributed by atoms with Crippen molar-refractivity contribution in [1.29, 1.82) is 0 Å². The Balaban J connectivity index is 1.75. The summed E-state index contributed by atoms with van der Waals surface area (Å²) in [6, 6.07) is 0.636. The predicted molar refractivity (Wildman–Crippen MR) is 66.6 cm³/mol. The summed E-state index contributed by atoms with van der Waals surface area (Å²) in [6.45, 7) is 8.02. The fourth-order valence-corrected chi connectivity index (χ4v) is 3.19. The fraction of sp³-hybridized carbons (Fsp3) is 0.846. The predicted octanol–water partition coefficient (Wildman–Crippen LogP) is 2.42. The molecule has 4 heteroatoms. The van der Waals surface area contributed by atoms with Crippen LogP contribution in [-0.2, 0) is 6.42 Å². The molecule has 1 fully saturated rings. The molecule has 17 heavy (non-hydrogen) atoms. The summed E-state index contributed by atoms with van der Waals surface area (Å²) in [6.07, 6.45) is 6.18. The number of nitrogens with one attached hydrogen (secondary N) is 1. The van der Waals surface area contributed by atoms with Crippen molar-refractivity contribution in [2.45, 2.75) is 52.5 Å². The minimum absolute atomic E-state index is 0.472. The molecule has 1 aliphatic carbocycles. The summed E-state index contributed by atoms with van der Waals surface area (Å²) in [4.78, 5) is 4.02. The van der Waals surface area contributed by atoms with Gasteiger partial charge in [-0.3, -0.25) is 0 Å². The molecule has 2 atom stereocenters. The molecule has 2 unspecified atom stereocenters. The van der Waals surface area contributed by atoms with Crippen LogP contribution in [0, 0.1) is 11.3 Å². The average molecular weight is 237 g/mol. The van der Waals surface area contributed by atoms with E-state index in [1.807, 2.05) is 0 Å². The molecule has 1 heterocycles. The smallest absolute Gasteiger partial charge is 0.227 e. The van der Waals surface area contributed by atoms with Crippen molar-refractivity contribution >= 4 is 0 Å². The average Bonchev–Trinajstić information content (AvgIpc) is 2.67. The van der Waals surface area contributed by atoms with Crippen molar-refractivity contribution in [2.24, 2.45) is 11.3 Å². The van der Waals surface area contributed by atoms with Gasteiger partial charge in [-0.25, -0.2) is 0 Å². The topological polar surface area (TPSA) is 51.0 Å². The third-order valence-corrected chi connectivity index (χ3v) is 3.57. The van der Waals surface area contributed by atoms with E-state index in [1.165, 1.54) is 25.6 Å². The van der Waals surface area contributed by atoms with Crippen LogP contribution in [0.5, 0.6) is 0 Å². The second-order valence-electron chi connectivity index (χ2n) is 6.15. The van der Waals surface area contributed by atoms with Gasteiger partial charge in [-0.1, -0.05) is 25.9 Å². The van der Waals surface area contributed by atoms with Crippen LogP contribution in [0.3, 0.4) is 0 Å². The van der Waals surface area contributed by atoms with Crippen LogP contribution < -0.4 is 5.32 Å². The summed E-state index contributed by atoms with van der Waals surface area (Å²) in [5.41, 5.74) is 0.472. The molecule has 4 nitrogen and oxygen atoms in total. The van der Waals surface area contributed by atoms with E-state index >= 15 is 0 Å². The van der Waals surface area contributed by atoms with E-state index < -0.39 is 0 Å². The number of hydrogen-bond acceptors (Lipinski definition) is 4. The molecule has 0 radical (unpaired) electrons. The van der Waals surface area contributed by atoms with Gasteiger partial charge in [0, 0.05) is 19.0 Å². The van der Waals surface area contributed by atoms with Gasteiger partial charge in [-0.15, -0.1) is 0 Å². The first kappa shape index (κ1) is 12.6. The molecule has 1 aliphatic rings. The van der Waals surface area contributed by atoms with Crippen molar-refractivity contribution in [2.75, 3.05) is 6.54 Å². The zero-order chi connectivity index (χ0) is 12.3. The van der Waals surface area contributed by atoms with Gasteiger partial charge in [0.1, 0.15) is 0 Å². The van der Waals surface area contributed by atoms with E-state index in [0.29, 0.717) is 11.5 Å². The molecule has 0 bridgehead atoms. The fourth-order valence-electron chi connectivity index (χ4n) is 3.19. The molecular weight excluding hydrogens is 214 g/mol. The highest BCUT2D eigenvalue weighted by Crippen LogP contribution is 2.38. The van der Waals surface area contributed by atoms with E-state index in [-0.39, 0.29) is 0 Å². The molecule has 1 aromatic heterocycles. The number of hydrogen-bond donors (Lipinski definition) is 1. The standard InChI is InChI=1S/C13H23N3O/c1-10-6-11(8-13(2,3)7-10)14-5-4-12-15-9-16-17-12/h9-11,14H,4-8H2,1-3H3. The molecule has 0 saturated heterocycles. The van der Waals surface area contributed by atoms with Crippen molar-refractivity contribution in [3.8, 4) is 0 Å². The Kier molecular flexibility index (Phi) is 3.82. The molecular formula is C13H23N3O. The molecule has 1 N–H and O–H groups in total. The summed E-state index contributed by atoms with van der Waals surface area (Å²) in [5.74, 6) is 1.54. The van der Waals surface area contributed by atoms with Crippen LogP contribution in [-0.4, -0.2) is 22.7 Å². The van der Waals surface area contributed by atoms with Crippen LogP contribution >= 0.6 is 0 Å². The normalized spacial score (nSPS) is 28.2. The van der Waals surface area contributed by atoms with Gasteiger partial charge in [0.2, 0.25) is 5.89 Å². The molecule has 0 aliphatic heterocycles. The Hall–Kier alpha value is -0.900. The van der Waals surface area contributed by atoms with Gasteiger partial charge in [0.05, 0.1) is 0 Å². The van der Waals surface area contributed by atoms with Gasteiger partial charge >= 0.3 is 0 Å². The van der Waals surface area contributed by atoms with Crippen molar-refractivity contribution < 1.29 is 4.52 Å². The zero-order valence-electron chi connectivity index (χ0n) is 11.1. The molecule has 2 rings (SSSR count). The van der Waals surface area contributed by atoms with Gasteiger partial charge in [-0.05, 0) is 30.6 Å². The first-order chi connectivity index (χ1) is 8.05. The maximum absolute atomic E-state index is 4.98. The Bertz CT molecular complexity index is 334. The van der Waals surface area contributed by atoms with Crippen molar-refractivity contribution in [3.63, 3.8) is 0 Å². The van der Waals surface area contributed by atoms with E-state index in [1.54, 1.807) is 0 Å². The van der Waals surface area contributed by atoms with Crippen LogP contribution in [0.4, 0.5) is 0 Å². The molecule has 1 saturated carbocycles. The monoisotopic (exact) mass is 237 g/mol. The minimum atomic E-state index is 0.472. The largest absolute Gasteiger partial charge is 0.340 e. The lowest BCUT2D eigenvalue weighted by Crippen LogP contribution is -2.40. The second kappa shape index (κ2) is 5.17. The van der Waals surface area contributed by atoms with Crippen molar-refractivity contribution in [1.82, 2.24) is 15.5 Å². The number of aromatic nitrogens is 2. The maximum Gasteiger partial charge on any atom is 0.227 e. The number of rotatable bonds is 4. The van der Waals surface area contributed by atoms with E-state index in [9.17, 15) is 0 Å². The third-order valence-electron chi connectivity index (χ3n) is 3.57. The van der Waals surface area contributed by atoms with E-state index in [2.05, 4.69) is 36.2 Å². The lowest BCUT2D eigenvalue weighted by atomic mass is 9.70. The third kappa shape index (κ3) is 3.80. The van der Waals surface area contributed by atoms with E-state index in [0.717, 1.165) is 24.8 Å². The van der Waals surface area contributed by atoms with Crippen LogP contribution in [0.15, 0.2) is 10.9 Å². The molecule has 0 aromatic carbocycles. The zero-order valence-corrected chi connectivity index (χ0v) is 11.1. The highest BCUT2D eigenvalue weighted by atomic mass is 16.5. The summed E-state index contributed by atoms with van der Waals surface area (Å²) >= 11 is 0. The summed E-state index contributed by atoms with van der Waals surface area (Å²) in [7, 11) is 0. The first-order valence-corrected chi connectivity index (χ1v) is 6.54. The molecule has 96 valence electrons. The highest BCUT2D eigenvalue weighted by Gasteiger charge is 2.31. The first-order valence-electron chi connectivity index (χ1n) is 6.54. The SMILES string of the molecule is CC1CC(NCCc2ncno2)CC(C)(C)C1. The Morgan fingerprint density at radius 3 is 2.94 bits per heavy atom. The van der Waals surface area contributed by atoms with Gasteiger partial charge in [0.25, 0.3) is 0 Å². The van der Waals surface area contributed by atoms with Crippen LogP contribution in [0.2, 0.25) is 0 Å². The molecule has 1 aromatic rings. The summed E-state index contributed by atoms with van der Waals surface area (Å²) in [5, 5.41) is 7.23. The van der Waals surface area contributed by atoms with Gasteiger partial charge in [0.15, 0.2) is 6.33 Å². The minimum Gasteiger partial charge on any atom is -0.340 e. The van der Waals surface area contributed by atoms with Gasteiger partial charge in [-0.2, -0.15) is 4.98 Å². The summed E-state index contributed by atoms with van der Waals surface area (Å²) < 4.78 is 4.98. The van der Waals surface area contributed by atoms with Crippen LogP contribution in [0.25, 0.3) is 0 Å².